The van der Waals surface area contributed by atoms with Gasteiger partial charge in [0.15, 0.2) is 11.5 Å². The van der Waals surface area contributed by atoms with Crippen molar-refractivity contribution in [1.82, 2.24) is 10.7 Å². The molecule has 9 nitrogen and oxygen atoms in total. The summed E-state index contributed by atoms with van der Waals surface area (Å²) in [6.45, 7) is 5.52. The molecule has 1 atom stereocenters. The highest BCUT2D eigenvalue weighted by molar-refractivity contribution is 5.89. The van der Waals surface area contributed by atoms with Crippen LogP contribution in [0.2, 0.25) is 0 Å². The van der Waals surface area contributed by atoms with Crippen LogP contribution in [0.5, 0.6) is 17.2 Å². The van der Waals surface area contributed by atoms with Crippen molar-refractivity contribution in [2.75, 3.05) is 31.1 Å². The van der Waals surface area contributed by atoms with E-state index in [4.69, 9.17) is 9.47 Å². The number of nitrogens with one attached hydrogen (secondary N) is 2. The van der Waals surface area contributed by atoms with Crippen LogP contribution < -0.4 is 25.1 Å². The molecule has 3 rings (SSSR count). The molecule has 0 saturated heterocycles. The summed E-state index contributed by atoms with van der Waals surface area (Å²) >= 11 is 0. The summed E-state index contributed by atoms with van der Waals surface area (Å²) in [5.74, 6) is 0.145. The van der Waals surface area contributed by atoms with Crippen molar-refractivity contribution < 1.29 is 24.2 Å². The average molecular weight is 426 g/mol. The Hall–Kier alpha value is -3.75. The van der Waals surface area contributed by atoms with Crippen molar-refractivity contribution >= 4 is 23.7 Å². The van der Waals surface area contributed by atoms with Gasteiger partial charge in [-0.1, -0.05) is 12.1 Å². The highest BCUT2D eigenvalue weighted by atomic mass is 16.6. The van der Waals surface area contributed by atoms with E-state index in [0.29, 0.717) is 17.1 Å². The molecule has 3 N–H and O–H groups in total. The van der Waals surface area contributed by atoms with Crippen molar-refractivity contribution in [2.24, 2.45) is 5.10 Å². The molecule has 9 heteroatoms. The minimum atomic E-state index is -0.840. The smallest absolute Gasteiger partial charge is 0.265 e. The Labute approximate surface area is 180 Å². The second-order valence-electron chi connectivity index (χ2n) is 6.79. The van der Waals surface area contributed by atoms with E-state index in [0.717, 1.165) is 18.8 Å². The zero-order valence-electron chi connectivity index (χ0n) is 17.5. The number of hydrogen-bond donors (Lipinski definition) is 3. The van der Waals surface area contributed by atoms with E-state index < -0.39 is 17.9 Å². The van der Waals surface area contributed by atoms with Crippen LogP contribution in [-0.4, -0.2) is 55.5 Å². The summed E-state index contributed by atoms with van der Waals surface area (Å²) in [6.07, 6.45) is 0.503. The third kappa shape index (κ3) is 5.65. The Morgan fingerprint density at radius 2 is 1.94 bits per heavy atom. The monoisotopic (exact) mass is 426 g/mol. The minimum Gasteiger partial charge on any atom is -0.507 e. The van der Waals surface area contributed by atoms with Gasteiger partial charge in [0, 0.05) is 30.4 Å². The predicted octanol–water partition coefficient (Wildman–Crippen LogP) is 1.64. The molecular weight excluding hydrogens is 400 g/mol. The maximum absolute atomic E-state index is 12.2. The standard InChI is InChI=1S/C22H26N4O5/c1-3-26(4-2)16-10-9-15(17(27)11-16)12-24-25-21(28)13-23-22(29)20-14-30-18-7-5-6-8-19(18)31-20/h5-12,20,27H,3-4,13-14H2,1-2H3,(H,23,29)(H,25,28)/b24-12+/t20-/m1/s1. The lowest BCUT2D eigenvalue weighted by atomic mass is 10.2. The number of para-hydroxylation sites is 2. The summed E-state index contributed by atoms with van der Waals surface area (Å²) in [7, 11) is 0. The van der Waals surface area contributed by atoms with Gasteiger partial charge in [-0.05, 0) is 38.1 Å². The fourth-order valence-electron chi connectivity index (χ4n) is 3.07. The number of carbonyl (C=O) groups is 2. The molecule has 164 valence electrons. The Morgan fingerprint density at radius 3 is 2.65 bits per heavy atom. The van der Waals surface area contributed by atoms with Crippen LogP contribution in [0.1, 0.15) is 19.4 Å². The van der Waals surface area contributed by atoms with Crippen LogP contribution in [0.15, 0.2) is 47.6 Å². The highest BCUT2D eigenvalue weighted by Gasteiger charge is 2.27. The lowest BCUT2D eigenvalue weighted by Crippen LogP contribution is -2.46. The van der Waals surface area contributed by atoms with E-state index in [1.54, 1.807) is 30.3 Å². The van der Waals surface area contributed by atoms with Crippen LogP contribution in [0.4, 0.5) is 5.69 Å². The number of nitrogens with zero attached hydrogens (tertiary/aromatic N) is 2. The zero-order valence-corrected chi connectivity index (χ0v) is 17.5. The molecular formula is C22H26N4O5. The number of carbonyl (C=O) groups excluding carboxylic acids is 2. The van der Waals surface area contributed by atoms with E-state index in [9.17, 15) is 14.7 Å². The molecule has 2 amide bonds. The van der Waals surface area contributed by atoms with Gasteiger partial charge >= 0.3 is 0 Å². The van der Waals surface area contributed by atoms with Gasteiger partial charge in [0.2, 0.25) is 6.10 Å². The van der Waals surface area contributed by atoms with Crippen molar-refractivity contribution in [1.29, 1.82) is 0 Å². The van der Waals surface area contributed by atoms with Crippen LogP contribution in [0.3, 0.4) is 0 Å². The van der Waals surface area contributed by atoms with Crippen molar-refractivity contribution in [3.8, 4) is 17.2 Å². The third-order valence-corrected chi connectivity index (χ3v) is 4.76. The summed E-state index contributed by atoms with van der Waals surface area (Å²) in [4.78, 5) is 26.3. The molecule has 0 saturated carbocycles. The predicted molar refractivity (Wildman–Crippen MR) is 117 cm³/mol. The molecule has 0 bridgehead atoms. The average Bonchev–Trinajstić information content (AvgIpc) is 2.79. The van der Waals surface area contributed by atoms with E-state index in [1.807, 2.05) is 26.0 Å². The van der Waals surface area contributed by atoms with E-state index in [2.05, 4.69) is 20.7 Å². The Kier molecular flexibility index (Phi) is 7.31. The van der Waals surface area contributed by atoms with Gasteiger partial charge in [0.25, 0.3) is 11.8 Å². The molecule has 1 aliphatic heterocycles. The SMILES string of the molecule is CCN(CC)c1ccc(/C=N/NC(=O)CNC(=O)[C@H]2COc3ccccc3O2)c(O)c1. The molecule has 2 aromatic carbocycles. The van der Waals surface area contributed by atoms with Crippen molar-refractivity contribution in [3.05, 3.63) is 48.0 Å². The molecule has 0 aliphatic carbocycles. The van der Waals surface area contributed by atoms with E-state index >= 15 is 0 Å². The molecule has 1 aliphatic rings. The number of hydrogen-bond acceptors (Lipinski definition) is 7. The number of ether oxygens (including phenoxy) is 2. The maximum Gasteiger partial charge on any atom is 0.265 e. The number of amides is 2. The number of rotatable bonds is 8. The molecule has 0 radical (unpaired) electrons. The summed E-state index contributed by atoms with van der Waals surface area (Å²) in [5, 5.41) is 16.5. The third-order valence-electron chi connectivity index (χ3n) is 4.76. The second-order valence-corrected chi connectivity index (χ2v) is 6.79. The van der Waals surface area contributed by atoms with Gasteiger partial charge in [-0.25, -0.2) is 5.43 Å². The number of hydrazone groups is 1. The lowest BCUT2D eigenvalue weighted by molar-refractivity contribution is -0.132. The quantitative estimate of drug-likeness (QED) is 0.437. The number of fused-ring (bicyclic) bond motifs is 1. The number of aromatic hydroxyl groups is 1. The number of benzene rings is 2. The summed E-state index contributed by atoms with van der Waals surface area (Å²) in [5.41, 5.74) is 3.68. The Balaban J connectivity index is 1.46. The van der Waals surface area contributed by atoms with E-state index in [-0.39, 0.29) is 18.9 Å². The summed E-state index contributed by atoms with van der Waals surface area (Å²) < 4.78 is 11.1. The molecule has 0 aromatic heterocycles. The van der Waals surface area contributed by atoms with Gasteiger partial charge in [-0.2, -0.15) is 5.10 Å². The van der Waals surface area contributed by atoms with Crippen LogP contribution in [-0.2, 0) is 9.59 Å². The number of phenols is 1. The van der Waals surface area contributed by atoms with E-state index in [1.165, 1.54) is 6.21 Å². The first-order chi connectivity index (χ1) is 15.0. The molecule has 0 unspecified atom stereocenters. The fraction of sp³-hybridized carbons (Fsp3) is 0.318. The van der Waals surface area contributed by atoms with Crippen LogP contribution >= 0.6 is 0 Å². The lowest BCUT2D eigenvalue weighted by Gasteiger charge is -2.25. The first-order valence-corrected chi connectivity index (χ1v) is 10.1. The van der Waals surface area contributed by atoms with Gasteiger partial charge in [0.05, 0.1) is 12.8 Å². The molecule has 2 aromatic rings. The number of phenolic OH excluding ortho intramolecular Hbond substituents is 1. The largest absolute Gasteiger partial charge is 0.507 e. The maximum atomic E-state index is 12.2. The van der Waals surface area contributed by atoms with Gasteiger partial charge in [-0.15, -0.1) is 0 Å². The molecule has 31 heavy (non-hydrogen) atoms. The van der Waals surface area contributed by atoms with Crippen LogP contribution in [0, 0.1) is 0 Å². The van der Waals surface area contributed by atoms with Gasteiger partial charge in [-0.3, -0.25) is 9.59 Å². The van der Waals surface area contributed by atoms with Crippen LogP contribution in [0.25, 0.3) is 0 Å². The Morgan fingerprint density at radius 1 is 1.19 bits per heavy atom. The summed E-state index contributed by atoms with van der Waals surface area (Å²) in [6, 6.07) is 12.3. The molecule has 1 heterocycles. The Bertz CT molecular complexity index is 959. The fourth-order valence-corrected chi connectivity index (χ4v) is 3.07. The highest BCUT2D eigenvalue weighted by Crippen LogP contribution is 2.30. The van der Waals surface area contributed by atoms with Crippen molar-refractivity contribution in [3.63, 3.8) is 0 Å². The molecule has 0 fully saturated rings. The minimum absolute atomic E-state index is 0.0606. The first kappa shape index (κ1) is 21.9. The van der Waals surface area contributed by atoms with Gasteiger partial charge in [0.1, 0.15) is 12.4 Å². The zero-order chi connectivity index (χ0) is 22.2. The number of anilines is 1. The van der Waals surface area contributed by atoms with Crippen molar-refractivity contribution in [2.45, 2.75) is 20.0 Å². The molecule has 0 spiro atoms. The second kappa shape index (κ2) is 10.3. The topological polar surface area (TPSA) is 112 Å². The normalized spacial score (nSPS) is 14.8. The first-order valence-electron chi connectivity index (χ1n) is 10.1. The van der Waals surface area contributed by atoms with Gasteiger partial charge < -0.3 is 24.8 Å².